The molecule has 14 heavy (non-hydrogen) atoms. The van der Waals surface area contributed by atoms with Crippen molar-refractivity contribution >= 4 is 29.6 Å². The summed E-state index contributed by atoms with van der Waals surface area (Å²) in [6, 6.07) is 5.22. The molecule has 0 saturated carbocycles. The molecule has 1 N–H and O–H groups in total. The first kappa shape index (κ1) is 11.4. The number of carbonyl (C=O) groups excluding carboxylic acids is 1. The molecule has 5 heteroatoms. The van der Waals surface area contributed by atoms with Crippen molar-refractivity contribution in [1.29, 1.82) is 0 Å². The smallest absolute Gasteiger partial charge is 0.173 e. The quantitative estimate of drug-likeness (QED) is 0.493. The van der Waals surface area contributed by atoms with Crippen LogP contribution in [0.15, 0.2) is 24.3 Å². The fraction of sp³-hybridized carbons (Fsp3) is 0.222. The summed E-state index contributed by atoms with van der Waals surface area (Å²) in [5.74, 6) is -0.651. The Balaban J connectivity index is 2.96. The van der Waals surface area contributed by atoms with Crippen molar-refractivity contribution in [2.24, 2.45) is 0 Å². The van der Waals surface area contributed by atoms with Crippen molar-refractivity contribution in [2.75, 3.05) is 6.61 Å². The zero-order valence-electron chi connectivity index (χ0n) is 7.63. The number of alkyl halides is 1. The van der Waals surface area contributed by atoms with E-state index in [0.29, 0.717) is 5.56 Å². The third-order valence-electron chi connectivity index (χ3n) is 1.88. The lowest BCUT2D eigenvalue weighted by Crippen LogP contribution is -2.36. The Labute approximate surface area is 90.7 Å². The van der Waals surface area contributed by atoms with Gasteiger partial charge in [-0.1, -0.05) is 15.9 Å². The molecule has 74 valence electrons. The van der Waals surface area contributed by atoms with Gasteiger partial charge in [-0.25, -0.2) is 4.39 Å². The van der Waals surface area contributed by atoms with E-state index >= 15 is 0 Å². The van der Waals surface area contributed by atoms with Crippen LogP contribution in [0.4, 0.5) is 4.39 Å². The fourth-order valence-corrected chi connectivity index (χ4v) is 1.20. The Bertz CT molecular complexity index is 337. The molecule has 0 bridgehead atoms. The standard InChI is InChI=1S/C9H9BBrFO2/c10-9(11,5-13)8(14)6-1-3-7(12)4-2-6/h1-4,13H,5,10H2. The van der Waals surface area contributed by atoms with Crippen molar-refractivity contribution in [3.05, 3.63) is 35.6 Å². The summed E-state index contributed by atoms with van der Waals surface area (Å²) < 4.78 is 11.6. The molecule has 0 aliphatic heterocycles. The van der Waals surface area contributed by atoms with Crippen LogP contribution in [0.1, 0.15) is 10.4 Å². The van der Waals surface area contributed by atoms with Crippen molar-refractivity contribution in [2.45, 2.75) is 4.22 Å². The molecule has 1 atom stereocenters. The summed E-state index contributed by atoms with van der Waals surface area (Å²) >= 11 is 3.11. The molecule has 0 heterocycles. The van der Waals surface area contributed by atoms with Crippen molar-refractivity contribution in [3.8, 4) is 0 Å². The Morgan fingerprint density at radius 3 is 2.43 bits per heavy atom. The largest absolute Gasteiger partial charge is 0.395 e. The summed E-state index contributed by atoms with van der Waals surface area (Å²) in [5, 5.41) is 8.94. The fourth-order valence-electron chi connectivity index (χ4n) is 0.974. The van der Waals surface area contributed by atoms with Crippen LogP contribution in [-0.2, 0) is 0 Å². The lowest BCUT2D eigenvalue weighted by atomic mass is 9.81. The van der Waals surface area contributed by atoms with Gasteiger partial charge in [0.05, 0.1) is 10.8 Å². The predicted molar refractivity (Wildman–Crippen MR) is 58.0 cm³/mol. The molecule has 2 nitrogen and oxygen atoms in total. The molecule has 1 rings (SSSR count). The summed E-state index contributed by atoms with van der Waals surface area (Å²) in [4.78, 5) is 11.7. The zero-order chi connectivity index (χ0) is 10.8. The lowest BCUT2D eigenvalue weighted by Gasteiger charge is -2.17. The number of hydrogen-bond donors (Lipinski definition) is 1. The average molecular weight is 259 g/mol. The van der Waals surface area contributed by atoms with Gasteiger partial charge in [0.2, 0.25) is 0 Å². The number of aliphatic hydroxyl groups excluding tert-OH is 1. The number of benzene rings is 1. The molecule has 0 aromatic heterocycles. The highest BCUT2D eigenvalue weighted by Crippen LogP contribution is 2.19. The third-order valence-corrected chi connectivity index (χ3v) is 2.49. The molecule has 0 amide bonds. The SMILES string of the molecule is BC(Br)(CO)C(=O)c1ccc(F)cc1. The van der Waals surface area contributed by atoms with Crippen LogP contribution in [-0.4, -0.2) is 29.6 Å². The maximum absolute atomic E-state index is 12.6. The second-order valence-corrected chi connectivity index (χ2v) is 4.94. The maximum Gasteiger partial charge on any atom is 0.173 e. The van der Waals surface area contributed by atoms with Gasteiger partial charge in [-0.2, -0.15) is 0 Å². The van der Waals surface area contributed by atoms with E-state index in [1.807, 2.05) is 0 Å². The minimum absolute atomic E-state index is 0.264. The number of rotatable bonds is 3. The first-order chi connectivity index (χ1) is 6.47. The van der Waals surface area contributed by atoms with Crippen molar-refractivity contribution in [1.82, 2.24) is 0 Å². The normalized spacial score (nSPS) is 14.8. The van der Waals surface area contributed by atoms with Crippen LogP contribution in [0.3, 0.4) is 0 Å². The highest BCUT2D eigenvalue weighted by molar-refractivity contribution is 9.10. The summed E-state index contributed by atoms with van der Waals surface area (Å²) in [5.41, 5.74) is 0.375. The molecule has 0 aliphatic rings. The first-order valence-electron chi connectivity index (χ1n) is 4.07. The third kappa shape index (κ3) is 2.42. The first-order valence-corrected chi connectivity index (χ1v) is 4.87. The minimum atomic E-state index is -0.995. The molecule has 0 saturated heterocycles. The Kier molecular flexibility index (Phi) is 3.45. The number of ketones is 1. The molecular weight excluding hydrogens is 250 g/mol. The second kappa shape index (κ2) is 4.23. The van der Waals surface area contributed by atoms with Gasteiger partial charge in [-0.3, -0.25) is 4.79 Å². The number of hydrogen-bond acceptors (Lipinski definition) is 2. The second-order valence-electron chi connectivity index (χ2n) is 3.19. The van der Waals surface area contributed by atoms with E-state index in [4.69, 9.17) is 5.11 Å². The van der Waals surface area contributed by atoms with Crippen molar-refractivity contribution in [3.63, 3.8) is 0 Å². The van der Waals surface area contributed by atoms with Crippen LogP contribution in [0.2, 0.25) is 0 Å². The molecule has 1 aromatic carbocycles. The van der Waals surface area contributed by atoms with E-state index < -0.39 is 4.22 Å². The highest BCUT2D eigenvalue weighted by atomic mass is 79.9. The summed E-state index contributed by atoms with van der Waals surface area (Å²) in [7, 11) is 1.57. The minimum Gasteiger partial charge on any atom is -0.395 e. The number of Topliss-reactive ketones (excluding diaryl/α,β-unsaturated/α-hetero) is 1. The topological polar surface area (TPSA) is 37.3 Å². The molecule has 0 aliphatic carbocycles. The van der Waals surface area contributed by atoms with Gasteiger partial charge in [-0.15, -0.1) is 0 Å². The molecule has 1 aromatic rings. The molecular formula is C9H9BBrFO2. The number of carbonyl (C=O) groups is 1. The monoisotopic (exact) mass is 258 g/mol. The van der Waals surface area contributed by atoms with E-state index in [0.717, 1.165) is 0 Å². The molecule has 0 fully saturated rings. The predicted octanol–water partition coefficient (Wildman–Crippen LogP) is 0.725. The van der Waals surface area contributed by atoms with Crippen molar-refractivity contribution < 1.29 is 14.3 Å². The summed E-state index contributed by atoms with van der Waals surface area (Å²) in [6.45, 7) is -0.302. The molecule has 0 radical (unpaired) electrons. The van der Waals surface area contributed by atoms with Gasteiger partial charge < -0.3 is 5.11 Å². The van der Waals surface area contributed by atoms with E-state index in [2.05, 4.69) is 15.9 Å². The van der Waals surface area contributed by atoms with Crippen LogP contribution in [0.5, 0.6) is 0 Å². The van der Waals surface area contributed by atoms with E-state index in [9.17, 15) is 9.18 Å². The van der Waals surface area contributed by atoms with Crippen LogP contribution < -0.4 is 0 Å². The van der Waals surface area contributed by atoms with Crippen LogP contribution in [0.25, 0.3) is 0 Å². The van der Waals surface area contributed by atoms with Gasteiger partial charge in [0.1, 0.15) is 13.7 Å². The van der Waals surface area contributed by atoms with Gasteiger partial charge in [0.15, 0.2) is 5.78 Å². The number of aliphatic hydroxyl groups is 1. The summed E-state index contributed by atoms with van der Waals surface area (Å²) in [6.07, 6.45) is 0. The van der Waals surface area contributed by atoms with Crippen LogP contribution >= 0.6 is 15.9 Å². The molecule has 0 spiro atoms. The van der Waals surface area contributed by atoms with E-state index in [-0.39, 0.29) is 18.2 Å². The number of halogens is 2. The zero-order valence-corrected chi connectivity index (χ0v) is 9.21. The van der Waals surface area contributed by atoms with Gasteiger partial charge >= 0.3 is 0 Å². The lowest BCUT2D eigenvalue weighted by molar-refractivity contribution is 0.0949. The van der Waals surface area contributed by atoms with E-state index in [1.165, 1.54) is 24.3 Å². The highest BCUT2D eigenvalue weighted by Gasteiger charge is 2.29. The Morgan fingerprint density at radius 2 is 2.00 bits per heavy atom. The van der Waals surface area contributed by atoms with Crippen LogP contribution in [0, 0.1) is 5.82 Å². The van der Waals surface area contributed by atoms with Gasteiger partial charge in [0, 0.05) is 5.56 Å². The van der Waals surface area contributed by atoms with Gasteiger partial charge in [0.25, 0.3) is 0 Å². The Morgan fingerprint density at radius 1 is 1.50 bits per heavy atom. The average Bonchev–Trinajstić information content (AvgIpc) is 2.18. The maximum atomic E-state index is 12.6. The molecule has 1 unspecified atom stereocenters. The van der Waals surface area contributed by atoms with Gasteiger partial charge in [-0.05, 0) is 24.3 Å². The van der Waals surface area contributed by atoms with E-state index in [1.54, 1.807) is 7.85 Å². The Hall–Kier alpha value is -0.675.